The van der Waals surface area contributed by atoms with Gasteiger partial charge in [-0.2, -0.15) is 5.10 Å². The molecule has 0 radical (unpaired) electrons. The van der Waals surface area contributed by atoms with Crippen LogP contribution >= 0.6 is 0 Å². The fourth-order valence-corrected chi connectivity index (χ4v) is 2.93. The first kappa shape index (κ1) is 16.8. The number of rotatable bonds is 6. The van der Waals surface area contributed by atoms with E-state index >= 15 is 0 Å². The summed E-state index contributed by atoms with van der Waals surface area (Å²) in [6.07, 6.45) is 1.69. The van der Waals surface area contributed by atoms with Crippen molar-refractivity contribution in [2.45, 2.75) is 20.0 Å². The summed E-state index contributed by atoms with van der Waals surface area (Å²) >= 11 is 0. The Kier molecular flexibility index (Phi) is 5.47. The molecule has 3 rings (SSSR count). The van der Waals surface area contributed by atoms with Gasteiger partial charge in [0.15, 0.2) is 0 Å². The molecule has 0 saturated carbocycles. The lowest BCUT2D eigenvalue weighted by Gasteiger charge is -2.26. The summed E-state index contributed by atoms with van der Waals surface area (Å²) in [5.41, 5.74) is 6.00. The lowest BCUT2D eigenvalue weighted by atomic mass is 10.1. The molecule has 3 aromatic rings. The van der Waals surface area contributed by atoms with E-state index in [0.717, 1.165) is 24.2 Å². The summed E-state index contributed by atoms with van der Waals surface area (Å²) in [4.78, 5) is 2.39. The Bertz CT molecular complexity index is 785. The van der Waals surface area contributed by atoms with Crippen molar-refractivity contribution in [1.29, 1.82) is 0 Å². The largest absolute Gasteiger partial charge is 0.363 e. The molecule has 0 unspecified atom stereocenters. The number of hydrogen-bond acceptors (Lipinski definition) is 3. The maximum absolute atomic E-state index is 5.29. The highest BCUT2D eigenvalue weighted by molar-refractivity contribution is 5.82. The zero-order valence-electron chi connectivity index (χ0n) is 14.5. The fraction of sp³-hybridized carbons (Fsp3) is 0.136. The first-order valence-electron chi connectivity index (χ1n) is 8.43. The van der Waals surface area contributed by atoms with Crippen LogP contribution in [0.25, 0.3) is 0 Å². The van der Waals surface area contributed by atoms with Gasteiger partial charge >= 0.3 is 0 Å². The van der Waals surface area contributed by atoms with Crippen LogP contribution in [0.4, 0.5) is 5.69 Å². The number of nitrogens with zero attached hydrogens (tertiary/aromatic N) is 2. The molecule has 0 aliphatic carbocycles. The van der Waals surface area contributed by atoms with E-state index in [9.17, 15) is 0 Å². The third-order valence-electron chi connectivity index (χ3n) is 4.26. The molecular weight excluding hydrogens is 306 g/mol. The van der Waals surface area contributed by atoms with Gasteiger partial charge in [-0.1, -0.05) is 66.7 Å². The quantitative estimate of drug-likeness (QED) is 0.411. The van der Waals surface area contributed by atoms with E-state index in [0.29, 0.717) is 0 Å². The number of benzene rings is 3. The minimum atomic E-state index is 0.861. The smallest absolute Gasteiger partial charge is 0.0540 e. The molecule has 0 amide bonds. The molecule has 0 atom stereocenters. The summed E-state index contributed by atoms with van der Waals surface area (Å²) in [7, 11) is 0. The van der Waals surface area contributed by atoms with Gasteiger partial charge in [0, 0.05) is 18.8 Å². The molecule has 0 fully saturated rings. The standard InChI is InChI=1S/C22H23N3/c1-18-14-22(13-12-21(18)15-24-23)25(16-19-8-4-2-5-9-19)17-20-10-6-3-7-11-20/h2-15H,16-17,23H2,1H3. The Morgan fingerprint density at radius 1 is 0.840 bits per heavy atom. The molecule has 0 saturated heterocycles. The van der Waals surface area contributed by atoms with Gasteiger partial charge in [0.05, 0.1) is 6.21 Å². The van der Waals surface area contributed by atoms with Crippen molar-refractivity contribution in [1.82, 2.24) is 0 Å². The predicted molar refractivity (Wildman–Crippen MR) is 106 cm³/mol. The van der Waals surface area contributed by atoms with Crippen LogP contribution in [0.2, 0.25) is 0 Å². The van der Waals surface area contributed by atoms with Crippen LogP contribution in [0.15, 0.2) is 84.0 Å². The zero-order chi connectivity index (χ0) is 17.5. The lowest BCUT2D eigenvalue weighted by Crippen LogP contribution is -2.22. The number of hydrazone groups is 1. The number of nitrogens with two attached hydrogens (primary N) is 1. The molecule has 2 N–H and O–H groups in total. The lowest BCUT2D eigenvalue weighted by molar-refractivity contribution is 0.799. The number of anilines is 1. The third kappa shape index (κ3) is 4.48. The highest BCUT2D eigenvalue weighted by Gasteiger charge is 2.10. The second-order valence-corrected chi connectivity index (χ2v) is 6.15. The van der Waals surface area contributed by atoms with Gasteiger partial charge in [-0.05, 0) is 41.3 Å². The second kappa shape index (κ2) is 8.15. The first-order chi connectivity index (χ1) is 12.3. The molecule has 3 aromatic carbocycles. The zero-order valence-corrected chi connectivity index (χ0v) is 14.5. The summed E-state index contributed by atoms with van der Waals surface area (Å²) < 4.78 is 0. The van der Waals surface area contributed by atoms with Gasteiger partial charge in [0.1, 0.15) is 0 Å². The maximum atomic E-state index is 5.29. The van der Waals surface area contributed by atoms with Crippen LogP contribution in [0.3, 0.4) is 0 Å². The van der Waals surface area contributed by atoms with Gasteiger partial charge in [0.25, 0.3) is 0 Å². The van der Waals surface area contributed by atoms with E-state index in [1.54, 1.807) is 6.21 Å². The van der Waals surface area contributed by atoms with Gasteiger partial charge < -0.3 is 10.7 Å². The topological polar surface area (TPSA) is 41.6 Å². The van der Waals surface area contributed by atoms with E-state index in [2.05, 4.69) is 95.8 Å². The average Bonchev–Trinajstić information content (AvgIpc) is 2.65. The van der Waals surface area contributed by atoms with Crippen molar-refractivity contribution in [2.75, 3.05) is 4.90 Å². The van der Waals surface area contributed by atoms with Crippen molar-refractivity contribution >= 4 is 11.9 Å². The SMILES string of the molecule is Cc1cc(N(Cc2ccccc2)Cc2ccccc2)ccc1C=NN. The van der Waals surface area contributed by atoms with Gasteiger partial charge in [0.2, 0.25) is 0 Å². The maximum Gasteiger partial charge on any atom is 0.0540 e. The summed E-state index contributed by atoms with van der Waals surface area (Å²) in [5, 5.41) is 3.64. The van der Waals surface area contributed by atoms with Gasteiger partial charge in [-0.25, -0.2) is 0 Å². The molecule has 0 aliphatic heterocycles. The molecule has 25 heavy (non-hydrogen) atoms. The number of hydrogen-bond donors (Lipinski definition) is 1. The molecule has 0 aliphatic rings. The van der Waals surface area contributed by atoms with E-state index in [-0.39, 0.29) is 0 Å². The van der Waals surface area contributed by atoms with E-state index in [4.69, 9.17) is 5.84 Å². The highest BCUT2D eigenvalue weighted by atomic mass is 15.1. The molecule has 0 bridgehead atoms. The predicted octanol–water partition coefficient (Wildman–Crippen LogP) is 4.49. The monoisotopic (exact) mass is 329 g/mol. The van der Waals surface area contributed by atoms with Crippen molar-refractivity contribution < 1.29 is 0 Å². The normalized spacial score (nSPS) is 10.9. The van der Waals surface area contributed by atoms with E-state index in [1.165, 1.54) is 16.8 Å². The highest BCUT2D eigenvalue weighted by Crippen LogP contribution is 2.23. The summed E-state index contributed by atoms with van der Waals surface area (Å²) in [6.45, 7) is 3.81. The van der Waals surface area contributed by atoms with Crippen LogP contribution in [0, 0.1) is 6.92 Å². The Morgan fingerprint density at radius 2 is 1.40 bits per heavy atom. The van der Waals surface area contributed by atoms with Crippen molar-refractivity contribution in [3.63, 3.8) is 0 Å². The molecule has 126 valence electrons. The van der Waals surface area contributed by atoms with Crippen molar-refractivity contribution in [3.8, 4) is 0 Å². The molecule has 0 spiro atoms. The second-order valence-electron chi connectivity index (χ2n) is 6.15. The Hall–Kier alpha value is -3.07. The van der Waals surface area contributed by atoms with Crippen LogP contribution in [0.1, 0.15) is 22.3 Å². The number of aryl methyl sites for hydroxylation is 1. The first-order valence-corrected chi connectivity index (χ1v) is 8.43. The Morgan fingerprint density at radius 3 is 1.88 bits per heavy atom. The molecule has 3 heteroatoms. The van der Waals surface area contributed by atoms with Crippen LogP contribution in [-0.4, -0.2) is 6.21 Å². The van der Waals surface area contributed by atoms with E-state index < -0.39 is 0 Å². The fourth-order valence-electron chi connectivity index (χ4n) is 2.93. The van der Waals surface area contributed by atoms with Crippen LogP contribution in [0.5, 0.6) is 0 Å². The molecular formula is C22H23N3. The Balaban J connectivity index is 1.91. The van der Waals surface area contributed by atoms with Gasteiger partial charge in [-0.3, -0.25) is 0 Å². The van der Waals surface area contributed by atoms with Crippen molar-refractivity contribution in [2.24, 2.45) is 10.9 Å². The van der Waals surface area contributed by atoms with Crippen LogP contribution < -0.4 is 10.7 Å². The van der Waals surface area contributed by atoms with Crippen LogP contribution in [-0.2, 0) is 13.1 Å². The molecule has 3 nitrogen and oxygen atoms in total. The van der Waals surface area contributed by atoms with E-state index in [1.807, 2.05) is 0 Å². The summed E-state index contributed by atoms with van der Waals surface area (Å²) in [5.74, 6) is 5.29. The van der Waals surface area contributed by atoms with Crippen molar-refractivity contribution in [3.05, 3.63) is 101 Å². The Labute approximate surface area is 149 Å². The minimum Gasteiger partial charge on any atom is -0.363 e. The summed E-state index contributed by atoms with van der Waals surface area (Å²) in [6, 6.07) is 27.5. The van der Waals surface area contributed by atoms with Gasteiger partial charge in [-0.15, -0.1) is 0 Å². The third-order valence-corrected chi connectivity index (χ3v) is 4.26. The minimum absolute atomic E-state index is 0.861. The molecule has 0 aromatic heterocycles. The average molecular weight is 329 g/mol. The molecule has 0 heterocycles.